The Morgan fingerprint density at radius 3 is 1.07 bits per heavy atom. The van der Waals surface area contributed by atoms with Gasteiger partial charge in [-0.05, 0) is 47.5 Å². The first-order valence-electron chi connectivity index (χ1n) is 16.6. The fourth-order valence-corrected chi connectivity index (χ4v) is 6.31. The summed E-state index contributed by atoms with van der Waals surface area (Å²) in [6.07, 6.45) is 0. The van der Waals surface area contributed by atoms with Gasteiger partial charge in [0.05, 0.1) is 0 Å². The molecule has 56 heavy (non-hydrogen) atoms. The number of aromatic nitrogens is 4. The van der Waals surface area contributed by atoms with E-state index in [1.807, 2.05) is 0 Å². The Morgan fingerprint density at radius 1 is 0.482 bits per heavy atom. The lowest BCUT2D eigenvalue weighted by Crippen LogP contribution is -3.00. The molecule has 0 saturated carbocycles. The standard InChI is InChI=1S/C40H34N6.BF3.BF2.3FH/c1-43(2)31-17-21-35-39(25-31)45(29-11-7-5-8-12-29)37-23-27(15-19-33(37)41-35)28-16-20-34-38(24-28)46(30-13-9-6-10-14-30)40-26-32(44(3)4)18-22-36(40)42-34;2-1(3)4;2-1-3;;;/h5-26H,1-4H3;;;3*1H/q+2;;;;;/p-2. The van der Waals surface area contributed by atoms with E-state index in [-0.39, 0.29) is 14.1 Å². The summed E-state index contributed by atoms with van der Waals surface area (Å²) in [5.41, 5.74) is 14.7. The first-order chi connectivity index (χ1) is 25.6. The molecule has 8 aromatic rings. The molecule has 2 aromatic heterocycles. The zero-order valence-electron chi connectivity index (χ0n) is 30.6. The molecular weight excluding hydrogens is 738 g/mol. The lowest BCUT2D eigenvalue weighted by atomic mass is 10.0. The average molecular weight is 773 g/mol. The van der Waals surface area contributed by atoms with Crippen molar-refractivity contribution in [2.24, 2.45) is 0 Å². The molecule has 287 valence electrons. The predicted molar refractivity (Wildman–Crippen MR) is 209 cm³/mol. The number of rotatable bonds is 5. The van der Waals surface area contributed by atoms with Gasteiger partial charge in [0.2, 0.25) is 33.4 Å². The summed E-state index contributed by atoms with van der Waals surface area (Å²) in [5.74, 6) is 0. The Labute approximate surface area is 319 Å². The maximum atomic E-state index is 9.67. The third kappa shape index (κ3) is 9.31. The van der Waals surface area contributed by atoms with Crippen LogP contribution in [0, 0.1) is 0 Å². The maximum absolute atomic E-state index is 9.67. The van der Waals surface area contributed by atoms with Gasteiger partial charge in [-0.1, -0.05) is 48.5 Å². The molecule has 0 aliphatic heterocycles. The number of nitrogens with zero attached hydrogens (tertiary/aromatic N) is 6. The summed E-state index contributed by atoms with van der Waals surface area (Å²) in [4.78, 5) is 14.5. The predicted octanol–water partition coefficient (Wildman–Crippen LogP) is 2.94. The molecular formula is C40H35B2F8N6. The van der Waals surface area contributed by atoms with Crippen molar-refractivity contribution in [2.75, 3.05) is 38.0 Å². The van der Waals surface area contributed by atoms with Crippen LogP contribution in [0.3, 0.4) is 0 Å². The van der Waals surface area contributed by atoms with Crippen molar-refractivity contribution in [1.29, 1.82) is 0 Å². The molecule has 0 amide bonds. The van der Waals surface area contributed by atoms with E-state index in [0.717, 1.165) is 78.0 Å². The van der Waals surface area contributed by atoms with Crippen LogP contribution >= 0.6 is 0 Å². The van der Waals surface area contributed by atoms with Gasteiger partial charge in [0, 0.05) is 88.1 Å². The van der Waals surface area contributed by atoms with Crippen LogP contribution in [0.1, 0.15) is 0 Å². The molecule has 6 aromatic carbocycles. The summed E-state index contributed by atoms with van der Waals surface area (Å²) in [5, 5.41) is 0. The van der Waals surface area contributed by atoms with Crippen LogP contribution in [0.5, 0.6) is 0 Å². The van der Waals surface area contributed by atoms with Gasteiger partial charge in [-0.15, -0.1) is 9.13 Å². The molecule has 0 aliphatic rings. The molecule has 6 nitrogen and oxygen atoms in total. The number of hydrogen-bond acceptors (Lipinski definition) is 4. The molecule has 0 saturated heterocycles. The van der Waals surface area contributed by atoms with Crippen molar-refractivity contribution in [3.63, 3.8) is 0 Å². The highest BCUT2D eigenvalue weighted by Crippen LogP contribution is 2.29. The Kier molecular flexibility index (Phi) is 15.2. The highest BCUT2D eigenvalue weighted by atomic mass is 19.4. The van der Waals surface area contributed by atoms with E-state index in [1.54, 1.807) is 0 Å². The third-order valence-electron chi connectivity index (χ3n) is 8.71. The van der Waals surface area contributed by atoms with Crippen LogP contribution < -0.4 is 28.3 Å². The van der Waals surface area contributed by atoms with Crippen molar-refractivity contribution >= 4 is 70.9 Å². The van der Waals surface area contributed by atoms with Gasteiger partial charge in [-0.25, -0.2) is 9.97 Å². The third-order valence-corrected chi connectivity index (χ3v) is 8.71. The molecule has 8 rings (SSSR count). The lowest BCUT2D eigenvalue weighted by Gasteiger charge is -2.13. The number of hydrogen-bond donors (Lipinski definition) is 0. The first kappa shape index (κ1) is 44.1. The summed E-state index contributed by atoms with van der Waals surface area (Å²) in [7, 11) is 3.62. The second kappa shape index (κ2) is 19.3. The molecule has 0 bridgehead atoms. The Bertz CT molecular complexity index is 2360. The summed E-state index contributed by atoms with van der Waals surface area (Å²) >= 11 is 0. The van der Waals surface area contributed by atoms with E-state index in [0.29, 0.717) is 0 Å². The summed E-state index contributed by atoms with van der Waals surface area (Å²) in [6.45, 7) is 0. The zero-order valence-corrected chi connectivity index (χ0v) is 30.6. The first-order valence-corrected chi connectivity index (χ1v) is 16.6. The maximum Gasteiger partial charge on any atom is 0.762 e. The van der Waals surface area contributed by atoms with E-state index >= 15 is 0 Å². The second-order valence-corrected chi connectivity index (χ2v) is 12.4. The quantitative estimate of drug-likeness (QED) is 0.117. The highest BCUT2D eigenvalue weighted by molar-refractivity contribution is 6.33. The van der Waals surface area contributed by atoms with E-state index in [2.05, 4.69) is 181 Å². The molecule has 1 radical (unpaired) electrons. The van der Waals surface area contributed by atoms with Crippen LogP contribution in [0.4, 0.5) is 37.7 Å². The van der Waals surface area contributed by atoms with E-state index in [4.69, 9.17) is 9.97 Å². The molecule has 0 N–H and O–H groups in total. The monoisotopic (exact) mass is 773 g/mol. The Hall–Kier alpha value is -6.31. The number of para-hydroxylation sites is 2. The minimum Gasteiger partial charge on any atom is -1.00 e. The van der Waals surface area contributed by atoms with Crippen LogP contribution in [-0.2, 0) is 0 Å². The molecule has 16 heteroatoms. The average Bonchev–Trinajstić information content (AvgIpc) is 3.16. The van der Waals surface area contributed by atoms with Gasteiger partial charge in [-0.3, -0.25) is 26.3 Å². The van der Waals surface area contributed by atoms with Crippen LogP contribution in [0.2, 0.25) is 0 Å². The SMILES string of the molecule is CN(C)c1ccc2nc3ccc(-c4ccc5nc6ccc(N(C)C)cc6[n+](-c6ccccc6)c5c4)cc3[n+](-c3ccccc3)c2c1.F.FB(F)F.F[B]F.[F-].[F-]. The molecule has 0 fully saturated rings. The second-order valence-electron chi connectivity index (χ2n) is 12.4. The van der Waals surface area contributed by atoms with Crippen LogP contribution in [-0.4, -0.2) is 53.5 Å². The summed E-state index contributed by atoms with van der Waals surface area (Å²) < 4.78 is 52.7. The lowest BCUT2D eigenvalue weighted by molar-refractivity contribution is -0.538. The van der Waals surface area contributed by atoms with Crippen molar-refractivity contribution in [3.8, 4) is 22.5 Å². The van der Waals surface area contributed by atoms with Crippen molar-refractivity contribution in [3.05, 3.63) is 133 Å². The number of halogens is 8. The van der Waals surface area contributed by atoms with Gasteiger partial charge in [0.25, 0.3) is 0 Å². The molecule has 2 heterocycles. The van der Waals surface area contributed by atoms with Crippen LogP contribution in [0.15, 0.2) is 133 Å². The minimum absolute atomic E-state index is 0. The van der Waals surface area contributed by atoms with Gasteiger partial charge in [0.1, 0.15) is 22.1 Å². The summed E-state index contributed by atoms with van der Waals surface area (Å²) in [6, 6.07) is 47.2. The highest BCUT2D eigenvalue weighted by Gasteiger charge is 2.23. The van der Waals surface area contributed by atoms with Crippen molar-refractivity contribution in [1.82, 2.24) is 9.97 Å². The number of anilines is 2. The Morgan fingerprint density at radius 2 is 0.768 bits per heavy atom. The normalized spacial score (nSPS) is 10.2. The number of benzene rings is 6. The van der Waals surface area contributed by atoms with E-state index in [1.165, 1.54) is 0 Å². The number of fused-ring (bicyclic) bond motifs is 4. The fraction of sp³-hybridized carbons (Fsp3) is 0.100. The fourth-order valence-electron chi connectivity index (χ4n) is 6.31. The minimum atomic E-state index is -3.67. The Balaban J connectivity index is 0.000000782. The topological polar surface area (TPSA) is 40.0 Å². The van der Waals surface area contributed by atoms with Gasteiger partial charge >= 0.3 is 15.4 Å². The van der Waals surface area contributed by atoms with E-state index in [9.17, 15) is 21.6 Å². The molecule has 0 unspecified atom stereocenters. The molecule has 0 atom stereocenters. The van der Waals surface area contributed by atoms with Crippen molar-refractivity contribution < 1.29 is 44.8 Å². The van der Waals surface area contributed by atoms with E-state index < -0.39 is 15.4 Å². The van der Waals surface area contributed by atoms with Gasteiger partial charge < -0.3 is 19.2 Å². The van der Waals surface area contributed by atoms with Gasteiger partial charge in [-0.2, -0.15) is 0 Å². The molecule has 0 spiro atoms. The van der Waals surface area contributed by atoms with Crippen LogP contribution in [0.25, 0.3) is 66.6 Å². The van der Waals surface area contributed by atoms with Crippen molar-refractivity contribution in [2.45, 2.75) is 0 Å². The zero-order chi connectivity index (χ0) is 37.6. The van der Waals surface area contributed by atoms with Gasteiger partial charge in [0.15, 0.2) is 0 Å². The molecule has 0 aliphatic carbocycles. The largest absolute Gasteiger partial charge is 1.00 e. The smallest absolute Gasteiger partial charge is 0.762 e.